The van der Waals surface area contributed by atoms with E-state index in [2.05, 4.69) is 10.5 Å². The Hall–Kier alpha value is -2.66. The van der Waals surface area contributed by atoms with Crippen molar-refractivity contribution in [2.45, 2.75) is 55.8 Å². The first-order valence-corrected chi connectivity index (χ1v) is 11.5. The molecule has 2 heterocycles. The SMILES string of the molecule is O=C(NC1(C(F)(F)F)CC1)c1ccc2c(c1)CN(C1=NOC(c3cc(Cl)cc(Cl)c3)(C(F)(F)F)C1)C2. The van der Waals surface area contributed by atoms with Crippen LogP contribution in [0.3, 0.4) is 0 Å². The van der Waals surface area contributed by atoms with Crippen LogP contribution in [0.4, 0.5) is 26.3 Å². The number of hydrogen-bond donors (Lipinski definition) is 1. The summed E-state index contributed by atoms with van der Waals surface area (Å²) in [6.45, 7) is 0.295. The van der Waals surface area contributed by atoms with Crippen molar-refractivity contribution in [2.24, 2.45) is 5.16 Å². The van der Waals surface area contributed by atoms with Crippen molar-refractivity contribution < 1.29 is 36.0 Å². The molecule has 0 aromatic heterocycles. The van der Waals surface area contributed by atoms with Crippen LogP contribution in [0.15, 0.2) is 41.6 Å². The number of alkyl halides is 6. The number of amidine groups is 1. The van der Waals surface area contributed by atoms with Gasteiger partial charge in [-0.3, -0.25) is 4.79 Å². The molecule has 13 heteroatoms. The topological polar surface area (TPSA) is 53.9 Å². The summed E-state index contributed by atoms with van der Waals surface area (Å²) >= 11 is 11.8. The van der Waals surface area contributed by atoms with Gasteiger partial charge in [0, 0.05) is 34.3 Å². The van der Waals surface area contributed by atoms with E-state index in [4.69, 9.17) is 28.0 Å². The van der Waals surface area contributed by atoms with Crippen molar-refractivity contribution >= 4 is 34.9 Å². The smallest absolute Gasteiger partial charge is 0.372 e. The lowest BCUT2D eigenvalue weighted by Crippen LogP contribution is -2.47. The highest BCUT2D eigenvalue weighted by Gasteiger charge is 2.65. The molecule has 1 unspecified atom stereocenters. The predicted molar refractivity (Wildman–Crippen MR) is 119 cm³/mol. The second-order valence-corrected chi connectivity index (χ2v) is 10.0. The minimum absolute atomic E-state index is 0.0102. The van der Waals surface area contributed by atoms with Crippen molar-refractivity contribution in [3.05, 3.63) is 68.7 Å². The van der Waals surface area contributed by atoms with Gasteiger partial charge in [0.1, 0.15) is 11.4 Å². The molecular formula is C23H17Cl2F6N3O2. The lowest BCUT2D eigenvalue weighted by atomic mass is 9.89. The van der Waals surface area contributed by atoms with E-state index in [1.165, 1.54) is 18.2 Å². The van der Waals surface area contributed by atoms with Crippen LogP contribution in [-0.4, -0.2) is 34.5 Å². The fourth-order valence-corrected chi connectivity index (χ4v) is 4.98. The molecule has 3 aliphatic rings. The van der Waals surface area contributed by atoms with Crippen molar-refractivity contribution in [3.63, 3.8) is 0 Å². The number of carbonyl (C=O) groups is 1. The van der Waals surface area contributed by atoms with E-state index >= 15 is 0 Å². The minimum Gasteiger partial charge on any atom is -0.372 e. The van der Waals surface area contributed by atoms with Crippen molar-refractivity contribution in [1.82, 2.24) is 10.2 Å². The summed E-state index contributed by atoms with van der Waals surface area (Å²) in [7, 11) is 0. The third kappa shape index (κ3) is 4.15. The first-order valence-electron chi connectivity index (χ1n) is 10.8. The number of nitrogens with zero attached hydrogens (tertiary/aromatic N) is 2. The number of halogens is 8. The molecule has 0 bridgehead atoms. The largest absolute Gasteiger partial charge is 0.435 e. The quantitative estimate of drug-likeness (QED) is 0.454. The highest BCUT2D eigenvalue weighted by atomic mass is 35.5. The standard InChI is InChI=1S/C23H17Cl2F6N3O2/c24-16-6-15(7-17(25)8-16)21(23(29,30)31)9-18(33-36-21)34-10-13-2-1-12(5-14(13)11-34)19(35)32-20(3-4-20)22(26,27)28/h1-2,5-8H,3-4,9-11H2,(H,32,35). The number of benzene rings is 2. The van der Waals surface area contributed by atoms with Crippen LogP contribution in [0.1, 0.15) is 46.3 Å². The van der Waals surface area contributed by atoms with E-state index in [0.717, 1.165) is 12.1 Å². The fraction of sp³-hybridized carbons (Fsp3) is 0.391. The molecule has 2 aromatic carbocycles. The van der Waals surface area contributed by atoms with Gasteiger partial charge in [0.25, 0.3) is 11.5 Å². The first-order chi connectivity index (χ1) is 16.7. The molecule has 0 saturated heterocycles. The Labute approximate surface area is 211 Å². The molecule has 1 saturated carbocycles. The van der Waals surface area contributed by atoms with Gasteiger partial charge in [0.2, 0.25) is 0 Å². The summed E-state index contributed by atoms with van der Waals surface area (Å²) < 4.78 is 82.2. The molecule has 1 N–H and O–H groups in total. The van der Waals surface area contributed by atoms with Gasteiger partial charge in [-0.05, 0) is 54.3 Å². The molecule has 1 fully saturated rings. The van der Waals surface area contributed by atoms with Crippen molar-refractivity contribution in [3.8, 4) is 0 Å². The first kappa shape index (κ1) is 25.0. The van der Waals surface area contributed by atoms with E-state index in [0.29, 0.717) is 11.1 Å². The maximum absolute atomic E-state index is 14.2. The Morgan fingerprint density at radius 1 is 0.944 bits per heavy atom. The van der Waals surface area contributed by atoms with Crippen molar-refractivity contribution in [2.75, 3.05) is 0 Å². The van der Waals surface area contributed by atoms with Crippen molar-refractivity contribution in [1.29, 1.82) is 0 Å². The Morgan fingerprint density at radius 3 is 2.17 bits per heavy atom. The molecular weight excluding hydrogens is 535 g/mol. The van der Waals surface area contributed by atoms with Crippen LogP contribution < -0.4 is 5.32 Å². The molecule has 1 amide bonds. The third-order valence-electron chi connectivity index (χ3n) is 6.70. The summed E-state index contributed by atoms with van der Waals surface area (Å²) in [5, 5.41) is 5.82. The normalized spacial score (nSPS) is 22.7. The zero-order valence-electron chi connectivity index (χ0n) is 18.2. The lowest BCUT2D eigenvalue weighted by Gasteiger charge is -2.30. The summed E-state index contributed by atoms with van der Waals surface area (Å²) in [5.41, 5.74) is -3.93. The van der Waals surface area contributed by atoms with Crippen LogP contribution in [0.5, 0.6) is 0 Å². The van der Waals surface area contributed by atoms with Gasteiger partial charge in [-0.2, -0.15) is 26.3 Å². The second-order valence-electron chi connectivity index (χ2n) is 9.13. The zero-order valence-corrected chi connectivity index (χ0v) is 19.7. The van der Waals surface area contributed by atoms with E-state index in [1.54, 1.807) is 11.0 Å². The van der Waals surface area contributed by atoms with Crippen LogP contribution >= 0.6 is 23.2 Å². The molecule has 5 nitrogen and oxygen atoms in total. The number of nitrogens with one attached hydrogen (secondary N) is 1. The molecule has 192 valence electrons. The lowest BCUT2D eigenvalue weighted by molar-refractivity contribution is -0.275. The summed E-state index contributed by atoms with van der Waals surface area (Å²) in [6.07, 6.45) is -10.4. The van der Waals surface area contributed by atoms with E-state index in [1.807, 2.05) is 0 Å². The maximum Gasteiger partial charge on any atom is 0.435 e. The average molecular weight is 552 g/mol. The zero-order chi connectivity index (χ0) is 26.1. The Balaban J connectivity index is 1.34. The number of amides is 1. The van der Waals surface area contributed by atoms with Crippen LogP contribution in [0.25, 0.3) is 0 Å². The Morgan fingerprint density at radius 2 is 1.58 bits per heavy atom. The van der Waals surface area contributed by atoms with Gasteiger partial charge < -0.3 is 15.1 Å². The fourth-order valence-electron chi connectivity index (χ4n) is 4.46. The highest BCUT2D eigenvalue weighted by molar-refractivity contribution is 6.34. The third-order valence-corrected chi connectivity index (χ3v) is 7.14. The Kier molecular flexibility index (Phi) is 5.68. The number of carbonyl (C=O) groups excluding carboxylic acids is 1. The number of fused-ring (bicyclic) bond motifs is 1. The van der Waals surface area contributed by atoms with Crippen LogP contribution in [0, 0.1) is 0 Å². The molecule has 2 aromatic rings. The molecule has 0 radical (unpaired) electrons. The maximum atomic E-state index is 14.2. The molecule has 1 aliphatic carbocycles. The van der Waals surface area contributed by atoms with Gasteiger partial charge in [0.15, 0.2) is 0 Å². The van der Waals surface area contributed by atoms with Gasteiger partial charge >= 0.3 is 12.4 Å². The number of hydrogen-bond acceptors (Lipinski definition) is 4. The van der Waals surface area contributed by atoms with Crippen LogP contribution in [-0.2, 0) is 23.5 Å². The number of rotatable bonds is 3. The molecule has 1 atom stereocenters. The monoisotopic (exact) mass is 551 g/mol. The van der Waals surface area contributed by atoms with Gasteiger partial charge in [-0.1, -0.05) is 34.4 Å². The average Bonchev–Trinajstić information content (AvgIpc) is 3.24. The van der Waals surface area contributed by atoms with E-state index < -0.39 is 35.8 Å². The summed E-state index contributed by atoms with van der Waals surface area (Å²) in [6, 6.07) is 7.96. The second kappa shape index (κ2) is 8.17. The molecule has 2 aliphatic heterocycles. The van der Waals surface area contributed by atoms with Gasteiger partial charge in [-0.25, -0.2) is 0 Å². The van der Waals surface area contributed by atoms with Crippen LogP contribution in [0.2, 0.25) is 10.0 Å². The summed E-state index contributed by atoms with van der Waals surface area (Å²) in [5.74, 6) is -0.832. The predicted octanol–water partition coefficient (Wildman–Crippen LogP) is 6.33. The number of oxime groups is 1. The molecule has 5 rings (SSSR count). The minimum atomic E-state index is -4.85. The van der Waals surface area contributed by atoms with Gasteiger partial charge in [0.05, 0.1) is 6.42 Å². The summed E-state index contributed by atoms with van der Waals surface area (Å²) in [4.78, 5) is 19.1. The van der Waals surface area contributed by atoms with E-state index in [9.17, 15) is 31.1 Å². The molecule has 36 heavy (non-hydrogen) atoms. The van der Waals surface area contributed by atoms with E-state index in [-0.39, 0.29) is 52.9 Å². The Bertz CT molecular complexity index is 1260. The van der Waals surface area contributed by atoms with Gasteiger partial charge in [-0.15, -0.1) is 0 Å². The molecule has 0 spiro atoms. The highest BCUT2D eigenvalue weighted by Crippen LogP contribution is 2.50.